The van der Waals surface area contributed by atoms with Gasteiger partial charge in [0.25, 0.3) is 0 Å². The summed E-state index contributed by atoms with van der Waals surface area (Å²) in [5, 5.41) is 8.49. The fraction of sp³-hybridized carbons (Fsp3) is 0.250. The summed E-state index contributed by atoms with van der Waals surface area (Å²) in [5.74, 6) is 0.516. The van der Waals surface area contributed by atoms with Crippen LogP contribution < -0.4 is 10.6 Å². The van der Waals surface area contributed by atoms with Crippen molar-refractivity contribution in [3.8, 4) is 0 Å². The van der Waals surface area contributed by atoms with Crippen molar-refractivity contribution in [3.63, 3.8) is 0 Å². The molecule has 3 rings (SSSR count). The first-order valence-corrected chi connectivity index (χ1v) is 8.22. The molecule has 0 aliphatic heterocycles. The van der Waals surface area contributed by atoms with E-state index in [1.807, 2.05) is 22.2 Å². The van der Waals surface area contributed by atoms with E-state index < -0.39 is 0 Å². The molecule has 7 heteroatoms. The summed E-state index contributed by atoms with van der Waals surface area (Å²) < 4.78 is 14.9. The quantitative estimate of drug-likeness (QED) is 0.558. The van der Waals surface area contributed by atoms with Crippen LogP contribution in [0.4, 0.5) is 4.39 Å². The third-order valence-corrected chi connectivity index (χ3v) is 4.19. The van der Waals surface area contributed by atoms with Crippen LogP contribution in [0.1, 0.15) is 11.3 Å². The van der Waals surface area contributed by atoms with Gasteiger partial charge in [-0.3, -0.25) is 9.39 Å². The van der Waals surface area contributed by atoms with Crippen molar-refractivity contribution in [2.45, 2.75) is 13.0 Å². The molecular formula is C16H18FN5S. The Bertz CT molecular complexity index is 762. The molecule has 0 saturated heterocycles. The summed E-state index contributed by atoms with van der Waals surface area (Å²) in [4.78, 5) is 9.70. The Labute approximate surface area is 137 Å². The van der Waals surface area contributed by atoms with Gasteiger partial charge in [-0.15, -0.1) is 11.3 Å². The fourth-order valence-electron chi connectivity index (χ4n) is 2.23. The standard InChI is InChI=1S/C16H18FN5S/c1-18-15(19-7-6-12-2-4-13(17)5-3-12)20-10-14-11-22-8-9-23-16(22)21-14/h2-5,8-9,11H,6-7,10H2,1H3,(H2,18,19,20). The zero-order valence-electron chi connectivity index (χ0n) is 12.8. The lowest BCUT2D eigenvalue weighted by Gasteiger charge is -2.10. The largest absolute Gasteiger partial charge is 0.356 e. The van der Waals surface area contributed by atoms with E-state index in [1.165, 1.54) is 12.1 Å². The summed E-state index contributed by atoms with van der Waals surface area (Å²) in [7, 11) is 1.74. The van der Waals surface area contributed by atoms with Gasteiger partial charge in [-0.2, -0.15) is 0 Å². The van der Waals surface area contributed by atoms with Gasteiger partial charge in [0.15, 0.2) is 10.9 Å². The molecule has 0 aliphatic carbocycles. The third-order valence-electron chi connectivity index (χ3n) is 3.42. The average Bonchev–Trinajstić information content (AvgIpc) is 3.14. The predicted molar refractivity (Wildman–Crippen MR) is 91.4 cm³/mol. The lowest BCUT2D eigenvalue weighted by molar-refractivity contribution is 0.626. The van der Waals surface area contributed by atoms with Crippen molar-refractivity contribution in [2.75, 3.05) is 13.6 Å². The Morgan fingerprint density at radius 2 is 2.13 bits per heavy atom. The van der Waals surface area contributed by atoms with Gasteiger partial charge in [0.05, 0.1) is 12.2 Å². The van der Waals surface area contributed by atoms with Crippen molar-refractivity contribution in [1.29, 1.82) is 0 Å². The summed E-state index contributed by atoms with van der Waals surface area (Å²) in [6.45, 7) is 1.34. The van der Waals surface area contributed by atoms with Crippen LogP contribution in [0.2, 0.25) is 0 Å². The SMILES string of the molecule is CN=C(NCCc1ccc(F)cc1)NCc1cn2ccsc2n1. The Morgan fingerprint density at radius 1 is 1.30 bits per heavy atom. The molecule has 120 valence electrons. The number of thiazole rings is 1. The second-order valence-electron chi connectivity index (χ2n) is 5.05. The second-order valence-corrected chi connectivity index (χ2v) is 5.93. The molecule has 0 amide bonds. The van der Waals surface area contributed by atoms with Crippen molar-refractivity contribution in [3.05, 3.63) is 59.1 Å². The monoisotopic (exact) mass is 331 g/mol. The molecule has 0 radical (unpaired) electrons. The fourth-order valence-corrected chi connectivity index (χ4v) is 2.95. The smallest absolute Gasteiger partial charge is 0.193 e. The van der Waals surface area contributed by atoms with Crippen molar-refractivity contribution >= 4 is 22.3 Å². The van der Waals surface area contributed by atoms with Crippen LogP contribution in [-0.2, 0) is 13.0 Å². The maximum Gasteiger partial charge on any atom is 0.193 e. The number of fused-ring (bicyclic) bond motifs is 1. The van der Waals surface area contributed by atoms with Gasteiger partial charge in [-0.25, -0.2) is 9.37 Å². The van der Waals surface area contributed by atoms with E-state index in [1.54, 1.807) is 30.5 Å². The highest BCUT2D eigenvalue weighted by molar-refractivity contribution is 7.15. The molecule has 5 nitrogen and oxygen atoms in total. The van der Waals surface area contributed by atoms with E-state index in [9.17, 15) is 4.39 Å². The average molecular weight is 331 g/mol. The van der Waals surface area contributed by atoms with Crippen LogP contribution in [0.15, 0.2) is 47.0 Å². The van der Waals surface area contributed by atoms with E-state index in [0.717, 1.165) is 35.1 Å². The molecule has 0 atom stereocenters. The van der Waals surface area contributed by atoms with Crippen molar-refractivity contribution in [2.24, 2.45) is 4.99 Å². The highest BCUT2D eigenvalue weighted by Gasteiger charge is 2.04. The Balaban J connectivity index is 1.46. The Kier molecular flexibility index (Phi) is 4.87. The zero-order valence-corrected chi connectivity index (χ0v) is 13.6. The first kappa shape index (κ1) is 15.5. The van der Waals surface area contributed by atoms with Gasteiger partial charge >= 0.3 is 0 Å². The van der Waals surface area contributed by atoms with E-state index in [2.05, 4.69) is 20.6 Å². The number of hydrogen-bond acceptors (Lipinski definition) is 3. The number of rotatable bonds is 5. The number of benzene rings is 1. The number of imidazole rings is 1. The minimum atomic E-state index is -0.209. The number of aromatic nitrogens is 2. The second kappa shape index (κ2) is 7.23. The van der Waals surface area contributed by atoms with E-state index in [-0.39, 0.29) is 5.82 Å². The number of nitrogens with zero attached hydrogens (tertiary/aromatic N) is 3. The van der Waals surface area contributed by atoms with Crippen LogP contribution >= 0.6 is 11.3 Å². The minimum absolute atomic E-state index is 0.209. The molecule has 23 heavy (non-hydrogen) atoms. The molecule has 0 fully saturated rings. The van der Waals surface area contributed by atoms with E-state index in [0.29, 0.717) is 6.54 Å². The number of halogens is 1. The molecule has 0 bridgehead atoms. The molecule has 1 aromatic carbocycles. The number of aliphatic imine (C=N–C) groups is 1. The lowest BCUT2D eigenvalue weighted by atomic mass is 10.1. The normalized spacial score (nSPS) is 11.8. The molecule has 2 N–H and O–H groups in total. The third kappa shape index (κ3) is 4.07. The number of nitrogens with one attached hydrogen (secondary N) is 2. The summed E-state index contributed by atoms with van der Waals surface area (Å²) in [6, 6.07) is 6.55. The Morgan fingerprint density at radius 3 is 2.87 bits per heavy atom. The molecule has 0 aliphatic rings. The van der Waals surface area contributed by atoms with Crippen molar-refractivity contribution < 1.29 is 4.39 Å². The van der Waals surface area contributed by atoms with Gasteiger partial charge in [0.2, 0.25) is 0 Å². The predicted octanol–water partition coefficient (Wildman–Crippen LogP) is 2.44. The highest BCUT2D eigenvalue weighted by Crippen LogP contribution is 2.10. The highest BCUT2D eigenvalue weighted by atomic mass is 32.1. The topological polar surface area (TPSA) is 53.7 Å². The van der Waals surface area contributed by atoms with E-state index >= 15 is 0 Å². The van der Waals surface area contributed by atoms with Crippen LogP contribution in [0.3, 0.4) is 0 Å². The Hall–Kier alpha value is -2.41. The molecular weight excluding hydrogens is 313 g/mol. The van der Waals surface area contributed by atoms with Gasteiger partial charge in [0.1, 0.15) is 5.82 Å². The maximum atomic E-state index is 12.9. The van der Waals surface area contributed by atoms with Crippen LogP contribution in [0, 0.1) is 5.82 Å². The first-order valence-electron chi connectivity index (χ1n) is 7.34. The summed E-state index contributed by atoms with van der Waals surface area (Å²) in [5.41, 5.74) is 2.06. The molecule has 0 saturated carbocycles. The zero-order chi connectivity index (χ0) is 16.1. The van der Waals surface area contributed by atoms with Gasteiger partial charge < -0.3 is 10.6 Å². The van der Waals surface area contributed by atoms with Crippen LogP contribution in [0.5, 0.6) is 0 Å². The molecule has 2 heterocycles. The first-order chi connectivity index (χ1) is 11.2. The molecule has 0 unspecified atom stereocenters. The lowest BCUT2D eigenvalue weighted by Crippen LogP contribution is -2.37. The van der Waals surface area contributed by atoms with Gasteiger partial charge in [0, 0.05) is 31.4 Å². The summed E-state index contributed by atoms with van der Waals surface area (Å²) >= 11 is 1.61. The van der Waals surface area contributed by atoms with Gasteiger partial charge in [-0.1, -0.05) is 12.1 Å². The van der Waals surface area contributed by atoms with E-state index in [4.69, 9.17) is 0 Å². The maximum absolute atomic E-state index is 12.9. The van der Waals surface area contributed by atoms with Gasteiger partial charge in [-0.05, 0) is 24.1 Å². The minimum Gasteiger partial charge on any atom is -0.356 e. The molecule has 2 aromatic heterocycles. The number of hydrogen-bond donors (Lipinski definition) is 2. The van der Waals surface area contributed by atoms with Crippen molar-refractivity contribution in [1.82, 2.24) is 20.0 Å². The van der Waals surface area contributed by atoms with Crippen LogP contribution in [0.25, 0.3) is 4.96 Å². The summed E-state index contributed by atoms with van der Waals surface area (Å²) in [6.07, 6.45) is 4.80. The number of guanidine groups is 1. The van der Waals surface area contributed by atoms with Crippen LogP contribution in [-0.4, -0.2) is 28.9 Å². The molecule has 3 aromatic rings. The molecule has 0 spiro atoms.